The minimum absolute atomic E-state index is 0.252. The lowest BCUT2D eigenvalue weighted by molar-refractivity contribution is 0.318. The summed E-state index contributed by atoms with van der Waals surface area (Å²) in [5.74, 6) is 1.09. The predicted octanol–water partition coefficient (Wildman–Crippen LogP) is 4.08. The van der Waals surface area contributed by atoms with Gasteiger partial charge in [-0.05, 0) is 42.8 Å². The predicted molar refractivity (Wildman–Crippen MR) is 126 cm³/mol. The van der Waals surface area contributed by atoms with Crippen molar-refractivity contribution in [2.45, 2.75) is 19.9 Å². The lowest BCUT2D eigenvalue weighted by Gasteiger charge is -2.10. The van der Waals surface area contributed by atoms with E-state index >= 15 is 0 Å². The molecule has 1 N–H and O–H groups in total. The Morgan fingerprint density at radius 3 is 2.48 bits per heavy atom. The van der Waals surface area contributed by atoms with Gasteiger partial charge in [-0.3, -0.25) is 19.4 Å². The van der Waals surface area contributed by atoms with Crippen LogP contribution in [0.15, 0.2) is 77.9 Å². The van der Waals surface area contributed by atoms with Gasteiger partial charge < -0.3 is 9.72 Å². The van der Waals surface area contributed by atoms with Crippen LogP contribution in [0.3, 0.4) is 0 Å². The maximum atomic E-state index is 13.1. The number of H-pyrrole nitrogens is 1. The number of benzene rings is 1. The highest BCUT2D eigenvalue weighted by molar-refractivity contribution is 5.89. The van der Waals surface area contributed by atoms with E-state index in [0.717, 1.165) is 17.7 Å². The third-order valence-electron chi connectivity index (χ3n) is 5.15. The van der Waals surface area contributed by atoms with Gasteiger partial charge in [-0.2, -0.15) is 5.10 Å². The molecule has 0 radical (unpaired) electrons. The summed E-state index contributed by atoms with van der Waals surface area (Å²) in [6.07, 6.45) is 4.32. The fourth-order valence-corrected chi connectivity index (χ4v) is 3.66. The van der Waals surface area contributed by atoms with Gasteiger partial charge in [-0.15, -0.1) is 0 Å². The van der Waals surface area contributed by atoms with Crippen molar-refractivity contribution in [3.63, 3.8) is 0 Å². The quantitative estimate of drug-likeness (QED) is 0.411. The largest absolute Gasteiger partial charge is 0.493 e. The zero-order valence-corrected chi connectivity index (χ0v) is 18.1. The second kappa shape index (κ2) is 9.04. The van der Waals surface area contributed by atoms with Gasteiger partial charge in [0.15, 0.2) is 5.52 Å². The van der Waals surface area contributed by atoms with Gasteiger partial charge in [0.1, 0.15) is 22.8 Å². The zero-order valence-electron chi connectivity index (χ0n) is 18.1. The number of pyridine rings is 2. The van der Waals surface area contributed by atoms with Crippen LogP contribution in [-0.2, 0) is 6.54 Å². The van der Waals surface area contributed by atoms with Gasteiger partial charge in [0.2, 0.25) is 0 Å². The summed E-state index contributed by atoms with van der Waals surface area (Å²) in [6, 6.07) is 18.9. The molecule has 0 saturated carbocycles. The van der Waals surface area contributed by atoms with Gasteiger partial charge in [0.05, 0.1) is 30.1 Å². The standard InChI is InChI=1S/C25H22N6O2/c1-2-15-33-20-12-4-3-10-18(20)24-28-21-22(25(32)29-24)30-31(16-17-9-5-7-13-26-17)23(21)19-11-6-8-14-27-19/h3-14H,2,15-16H2,1H3,(H,28,29,32). The molecule has 0 spiro atoms. The third kappa shape index (κ3) is 4.10. The van der Waals surface area contributed by atoms with Crippen molar-refractivity contribution in [1.82, 2.24) is 29.7 Å². The molecule has 0 aliphatic rings. The van der Waals surface area contributed by atoms with E-state index < -0.39 is 0 Å². The molecular weight excluding hydrogens is 416 g/mol. The number of para-hydroxylation sites is 1. The highest BCUT2D eigenvalue weighted by Gasteiger charge is 2.21. The average Bonchev–Trinajstić information content (AvgIpc) is 3.22. The maximum Gasteiger partial charge on any atom is 0.279 e. The molecule has 0 aliphatic heterocycles. The Labute approximate surface area is 190 Å². The highest BCUT2D eigenvalue weighted by Crippen LogP contribution is 2.30. The Balaban J connectivity index is 1.72. The Hall–Kier alpha value is -4.33. The van der Waals surface area contributed by atoms with Gasteiger partial charge >= 0.3 is 0 Å². The molecule has 0 unspecified atom stereocenters. The molecule has 33 heavy (non-hydrogen) atoms. The number of fused-ring (bicyclic) bond motifs is 1. The van der Waals surface area contributed by atoms with Crippen molar-refractivity contribution < 1.29 is 4.74 Å². The van der Waals surface area contributed by atoms with Crippen LogP contribution in [0.2, 0.25) is 0 Å². The molecule has 5 rings (SSSR count). The van der Waals surface area contributed by atoms with Crippen LogP contribution in [-0.4, -0.2) is 36.3 Å². The molecule has 164 valence electrons. The van der Waals surface area contributed by atoms with Crippen LogP contribution >= 0.6 is 0 Å². The molecule has 4 aromatic heterocycles. The van der Waals surface area contributed by atoms with Gasteiger partial charge in [-0.1, -0.05) is 31.2 Å². The summed E-state index contributed by atoms with van der Waals surface area (Å²) in [6.45, 7) is 3.00. The van der Waals surface area contributed by atoms with Gasteiger partial charge in [0.25, 0.3) is 5.56 Å². The molecule has 5 aromatic rings. The summed E-state index contributed by atoms with van der Waals surface area (Å²) >= 11 is 0. The SMILES string of the molecule is CCCOc1ccccc1-c1nc2c(-c3ccccn3)n(Cc3ccccn3)nc2c(=O)[nH]1. The normalized spacial score (nSPS) is 11.1. The van der Waals surface area contributed by atoms with Crippen LogP contribution in [0, 0.1) is 0 Å². The van der Waals surface area contributed by atoms with E-state index in [1.54, 1.807) is 17.1 Å². The maximum absolute atomic E-state index is 13.1. The van der Waals surface area contributed by atoms with Crippen LogP contribution in [0.25, 0.3) is 33.8 Å². The zero-order chi connectivity index (χ0) is 22.6. The van der Waals surface area contributed by atoms with E-state index in [1.165, 1.54) is 0 Å². The average molecular weight is 438 g/mol. The van der Waals surface area contributed by atoms with E-state index in [-0.39, 0.29) is 11.1 Å². The third-order valence-corrected chi connectivity index (χ3v) is 5.15. The van der Waals surface area contributed by atoms with E-state index in [1.807, 2.05) is 67.6 Å². The number of hydrogen-bond donors (Lipinski definition) is 1. The van der Waals surface area contributed by atoms with Crippen molar-refractivity contribution >= 4 is 11.0 Å². The fourth-order valence-electron chi connectivity index (χ4n) is 3.66. The second-order valence-electron chi connectivity index (χ2n) is 7.50. The van der Waals surface area contributed by atoms with E-state index in [0.29, 0.717) is 41.6 Å². The van der Waals surface area contributed by atoms with Crippen LogP contribution in [0.5, 0.6) is 5.75 Å². The summed E-state index contributed by atoms with van der Waals surface area (Å²) in [5.41, 5.74) is 3.28. The fraction of sp³-hybridized carbons (Fsp3) is 0.160. The molecule has 0 amide bonds. The Morgan fingerprint density at radius 1 is 0.939 bits per heavy atom. The Kier molecular flexibility index (Phi) is 5.63. The van der Waals surface area contributed by atoms with E-state index in [9.17, 15) is 4.79 Å². The molecule has 4 heterocycles. The molecular formula is C25H22N6O2. The number of aromatic nitrogens is 6. The molecule has 8 nitrogen and oxygen atoms in total. The number of aromatic amines is 1. The summed E-state index contributed by atoms with van der Waals surface area (Å²) < 4.78 is 7.63. The van der Waals surface area contributed by atoms with Crippen LogP contribution in [0.4, 0.5) is 0 Å². The van der Waals surface area contributed by atoms with Gasteiger partial charge in [0, 0.05) is 12.4 Å². The van der Waals surface area contributed by atoms with Crippen molar-refractivity contribution in [3.05, 3.63) is 89.1 Å². The van der Waals surface area contributed by atoms with Crippen molar-refractivity contribution in [2.24, 2.45) is 0 Å². The van der Waals surface area contributed by atoms with E-state index in [4.69, 9.17) is 9.72 Å². The van der Waals surface area contributed by atoms with Crippen LogP contribution < -0.4 is 10.3 Å². The first-order valence-electron chi connectivity index (χ1n) is 10.8. The molecule has 1 aromatic carbocycles. The van der Waals surface area contributed by atoms with Crippen molar-refractivity contribution in [3.8, 4) is 28.5 Å². The molecule has 0 aliphatic carbocycles. The lowest BCUT2D eigenvalue weighted by atomic mass is 10.1. The number of nitrogens with zero attached hydrogens (tertiary/aromatic N) is 5. The second-order valence-corrected chi connectivity index (χ2v) is 7.50. The van der Waals surface area contributed by atoms with Gasteiger partial charge in [-0.25, -0.2) is 4.98 Å². The van der Waals surface area contributed by atoms with Crippen LogP contribution in [0.1, 0.15) is 19.0 Å². The number of hydrogen-bond acceptors (Lipinski definition) is 6. The lowest BCUT2D eigenvalue weighted by Crippen LogP contribution is -2.10. The summed E-state index contributed by atoms with van der Waals surface area (Å²) in [5, 5.41) is 4.59. The number of ether oxygens (including phenoxy) is 1. The van der Waals surface area contributed by atoms with E-state index in [2.05, 4.69) is 20.1 Å². The summed E-state index contributed by atoms with van der Waals surface area (Å²) in [7, 11) is 0. The molecule has 0 saturated heterocycles. The minimum atomic E-state index is -0.322. The number of rotatable bonds is 7. The minimum Gasteiger partial charge on any atom is -0.493 e. The topological polar surface area (TPSA) is 98.6 Å². The van der Waals surface area contributed by atoms with Crippen molar-refractivity contribution in [2.75, 3.05) is 6.61 Å². The Bertz CT molecular complexity index is 1440. The highest BCUT2D eigenvalue weighted by atomic mass is 16.5. The molecule has 8 heteroatoms. The molecule has 0 atom stereocenters. The smallest absolute Gasteiger partial charge is 0.279 e. The first-order valence-corrected chi connectivity index (χ1v) is 10.8. The monoisotopic (exact) mass is 438 g/mol. The first kappa shape index (κ1) is 20.6. The Morgan fingerprint density at radius 2 is 1.73 bits per heavy atom. The molecule has 0 bridgehead atoms. The molecule has 0 fully saturated rings. The summed E-state index contributed by atoms with van der Waals surface area (Å²) in [4.78, 5) is 29.7. The first-order chi connectivity index (χ1) is 16.2. The van der Waals surface area contributed by atoms with Crippen molar-refractivity contribution in [1.29, 1.82) is 0 Å². The number of nitrogens with one attached hydrogen (secondary N) is 1.